The van der Waals surface area contributed by atoms with E-state index in [0.29, 0.717) is 0 Å². The number of nitrogens with two attached hydrogens (primary N) is 1. The Morgan fingerprint density at radius 1 is 1.58 bits per heavy atom. The third-order valence-corrected chi connectivity index (χ3v) is 2.37. The van der Waals surface area contributed by atoms with E-state index in [9.17, 15) is 0 Å². The number of nitrogens with zero attached hydrogens (tertiary/aromatic N) is 1. The van der Waals surface area contributed by atoms with Crippen molar-refractivity contribution in [3.63, 3.8) is 0 Å². The number of fused-ring (bicyclic) bond motifs is 1. The molecule has 1 unspecified atom stereocenters. The van der Waals surface area contributed by atoms with Crippen LogP contribution in [0.25, 0.3) is 0 Å². The fourth-order valence-electron chi connectivity index (χ4n) is 1.54. The van der Waals surface area contributed by atoms with Crippen LogP contribution in [0.15, 0.2) is 4.42 Å². The van der Waals surface area contributed by atoms with Gasteiger partial charge in [0.25, 0.3) is 0 Å². The fourth-order valence-corrected chi connectivity index (χ4v) is 1.54. The lowest BCUT2D eigenvalue weighted by Gasteiger charge is -2.01. The quantitative estimate of drug-likeness (QED) is 0.725. The maximum atomic E-state index is 5.80. The van der Waals surface area contributed by atoms with E-state index in [4.69, 9.17) is 10.2 Å². The second-order valence-electron chi connectivity index (χ2n) is 3.29. The minimum Gasteiger partial charge on any atom is -0.444 e. The van der Waals surface area contributed by atoms with Crippen molar-refractivity contribution < 1.29 is 4.42 Å². The number of aryl methyl sites for hydroxylation is 2. The minimum absolute atomic E-state index is 0.0180. The average molecular weight is 166 g/mol. The molecule has 66 valence electrons. The number of rotatable bonds is 2. The van der Waals surface area contributed by atoms with Crippen molar-refractivity contribution in [3.8, 4) is 0 Å². The number of hydrogen-bond donors (Lipinski definition) is 1. The van der Waals surface area contributed by atoms with E-state index in [1.807, 2.05) is 6.92 Å². The second kappa shape index (κ2) is 2.90. The molecule has 1 aliphatic rings. The molecule has 0 aromatic carbocycles. The predicted molar refractivity (Wildman–Crippen MR) is 45.7 cm³/mol. The van der Waals surface area contributed by atoms with Crippen LogP contribution in [0.2, 0.25) is 0 Å². The van der Waals surface area contributed by atoms with Crippen molar-refractivity contribution in [2.45, 2.75) is 38.6 Å². The molecule has 2 N–H and O–H groups in total. The van der Waals surface area contributed by atoms with Crippen molar-refractivity contribution in [3.05, 3.63) is 17.3 Å². The summed E-state index contributed by atoms with van der Waals surface area (Å²) < 4.78 is 5.54. The van der Waals surface area contributed by atoms with Crippen LogP contribution in [0.3, 0.4) is 0 Å². The molecule has 3 heteroatoms. The van der Waals surface area contributed by atoms with E-state index in [1.54, 1.807) is 0 Å². The minimum atomic E-state index is -0.0180. The molecule has 0 aliphatic heterocycles. The van der Waals surface area contributed by atoms with Gasteiger partial charge in [0.1, 0.15) is 5.76 Å². The lowest BCUT2D eigenvalue weighted by atomic mass is 10.2. The van der Waals surface area contributed by atoms with Gasteiger partial charge in [-0.25, -0.2) is 4.98 Å². The maximum absolute atomic E-state index is 5.80. The number of aromatic nitrogens is 1. The van der Waals surface area contributed by atoms with Crippen molar-refractivity contribution in [2.24, 2.45) is 5.73 Å². The highest BCUT2D eigenvalue weighted by atomic mass is 16.4. The third-order valence-electron chi connectivity index (χ3n) is 2.37. The Balaban J connectivity index is 2.25. The van der Waals surface area contributed by atoms with Gasteiger partial charge in [-0.3, -0.25) is 0 Å². The van der Waals surface area contributed by atoms with E-state index in [-0.39, 0.29) is 6.04 Å². The molecule has 1 aromatic rings. The fraction of sp³-hybridized carbons (Fsp3) is 0.667. The van der Waals surface area contributed by atoms with Gasteiger partial charge in [0.15, 0.2) is 0 Å². The van der Waals surface area contributed by atoms with Gasteiger partial charge in [-0.15, -0.1) is 0 Å². The first kappa shape index (κ1) is 7.80. The zero-order chi connectivity index (χ0) is 8.55. The largest absolute Gasteiger partial charge is 0.444 e. The summed E-state index contributed by atoms with van der Waals surface area (Å²) in [6.07, 6.45) is 4.18. The highest BCUT2D eigenvalue weighted by molar-refractivity contribution is 5.16. The molecule has 0 saturated heterocycles. The molecule has 1 aromatic heterocycles. The van der Waals surface area contributed by atoms with Crippen LogP contribution in [0, 0.1) is 0 Å². The van der Waals surface area contributed by atoms with Crippen LogP contribution in [0.1, 0.15) is 43.2 Å². The van der Waals surface area contributed by atoms with Crippen LogP contribution < -0.4 is 5.73 Å². The molecular formula is C9H14N2O. The zero-order valence-electron chi connectivity index (χ0n) is 7.34. The molecule has 0 amide bonds. The van der Waals surface area contributed by atoms with Gasteiger partial charge in [-0.2, -0.15) is 0 Å². The molecule has 1 aliphatic carbocycles. The molecule has 0 bridgehead atoms. The molecule has 0 saturated carbocycles. The lowest BCUT2D eigenvalue weighted by Crippen LogP contribution is -2.09. The third kappa shape index (κ3) is 1.14. The van der Waals surface area contributed by atoms with Gasteiger partial charge < -0.3 is 10.2 Å². The normalized spacial score (nSPS) is 17.8. The summed E-state index contributed by atoms with van der Waals surface area (Å²) in [6.45, 7) is 2.04. The standard InChI is InChI=1S/C9H14N2O/c1-2-6(10)9-11-7-4-3-5-8(7)12-9/h6H,2-5,10H2,1H3. The molecular weight excluding hydrogens is 152 g/mol. The summed E-state index contributed by atoms with van der Waals surface area (Å²) in [7, 11) is 0. The summed E-state index contributed by atoms with van der Waals surface area (Å²) in [5.74, 6) is 1.79. The summed E-state index contributed by atoms with van der Waals surface area (Å²) in [4.78, 5) is 4.37. The Morgan fingerprint density at radius 3 is 3.08 bits per heavy atom. The van der Waals surface area contributed by atoms with Crippen LogP contribution >= 0.6 is 0 Å². The molecule has 12 heavy (non-hydrogen) atoms. The first-order valence-corrected chi connectivity index (χ1v) is 4.55. The van der Waals surface area contributed by atoms with Crippen molar-refractivity contribution in [2.75, 3.05) is 0 Å². The van der Waals surface area contributed by atoms with E-state index in [0.717, 1.165) is 36.6 Å². The Labute approximate surface area is 72.0 Å². The topological polar surface area (TPSA) is 52.0 Å². The van der Waals surface area contributed by atoms with E-state index < -0.39 is 0 Å². The zero-order valence-corrected chi connectivity index (χ0v) is 7.34. The van der Waals surface area contributed by atoms with Gasteiger partial charge in [-0.1, -0.05) is 6.92 Å². The monoisotopic (exact) mass is 166 g/mol. The summed E-state index contributed by atoms with van der Waals surface area (Å²) in [5, 5.41) is 0. The Hall–Kier alpha value is -0.830. The Bertz CT molecular complexity index is 259. The van der Waals surface area contributed by atoms with Crippen LogP contribution in [-0.4, -0.2) is 4.98 Å². The Kier molecular flexibility index (Phi) is 1.89. The molecule has 2 rings (SSSR count). The first-order chi connectivity index (χ1) is 5.81. The lowest BCUT2D eigenvalue weighted by molar-refractivity contribution is 0.416. The summed E-state index contributed by atoms with van der Waals surface area (Å²) in [5.41, 5.74) is 6.93. The molecule has 0 radical (unpaired) electrons. The Morgan fingerprint density at radius 2 is 2.42 bits per heavy atom. The van der Waals surface area contributed by atoms with Gasteiger partial charge in [0.05, 0.1) is 11.7 Å². The van der Waals surface area contributed by atoms with Gasteiger partial charge in [0, 0.05) is 6.42 Å². The van der Waals surface area contributed by atoms with Crippen molar-refractivity contribution >= 4 is 0 Å². The predicted octanol–water partition coefficient (Wildman–Crippen LogP) is 1.57. The summed E-state index contributed by atoms with van der Waals surface area (Å²) >= 11 is 0. The smallest absolute Gasteiger partial charge is 0.211 e. The molecule has 3 nitrogen and oxygen atoms in total. The SMILES string of the molecule is CCC(N)c1nc2c(o1)CCC2. The van der Waals surface area contributed by atoms with Crippen molar-refractivity contribution in [1.29, 1.82) is 0 Å². The van der Waals surface area contributed by atoms with Gasteiger partial charge >= 0.3 is 0 Å². The maximum Gasteiger partial charge on any atom is 0.211 e. The van der Waals surface area contributed by atoms with Gasteiger partial charge in [0.2, 0.25) is 5.89 Å². The van der Waals surface area contributed by atoms with E-state index in [1.165, 1.54) is 6.42 Å². The first-order valence-electron chi connectivity index (χ1n) is 4.55. The second-order valence-corrected chi connectivity index (χ2v) is 3.29. The molecule has 1 atom stereocenters. The van der Waals surface area contributed by atoms with Crippen molar-refractivity contribution in [1.82, 2.24) is 4.98 Å². The van der Waals surface area contributed by atoms with E-state index in [2.05, 4.69) is 4.98 Å². The number of oxazole rings is 1. The number of hydrogen-bond acceptors (Lipinski definition) is 3. The average Bonchev–Trinajstić information content (AvgIpc) is 2.60. The van der Waals surface area contributed by atoms with E-state index >= 15 is 0 Å². The van der Waals surface area contributed by atoms with Gasteiger partial charge in [-0.05, 0) is 19.3 Å². The van der Waals surface area contributed by atoms with Crippen LogP contribution in [0.4, 0.5) is 0 Å². The summed E-state index contributed by atoms with van der Waals surface area (Å²) in [6, 6.07) is -0.0180. The molecule has 0 spiro atoms. The highest BCUT2D eigenvalue weighted by Crippen LogP contribution is 2.25. The highest BCUT2D eigenvalue weighted by Gasteiger charge is 2.20. The van der Waals surface area contributed by atoms with Crippen LogP contribution in [0.5, 0.6) is 0 Å². The molecule has 0 fully saturated rings. The molecule has 1 heterocycles. The van der Waals surface area contributed by atoms with Crippen LogP contribution in [-0.2, 0) is 12.8 Å².